The zero-order chi connectivity index (χ0) is 38.2. The first-order valence-electron chi connectivity index (χ1n) is 18.7. The standard InChI is InChI=1S/C40H52N6O7/c1-8-52-33-22(2)15-25(16-23(33)3)30-19-40(53-45-30)20-31(36(49)43-29(17-24-12-13-24)32(47)37(50)41-7)46(21-40)38(51)34(39(4,5)6)44-35(48)27-18-26(27)28-11-9-10-14-42-28/h9-11,14-16,24,26-27,29,31,34H,8,12-13,17-21H2,1-7H3,(H,41,50)(H,43,49)(H,44,48)/t26-,27-,29-,31-,34+,40+/m0/s1. The highest BCUT2D eigenvalue weighted by Crippen LogP contribution is 2.47. The van der Waals surface area contributed by atoms with Crippen LogP contribution in [0.15, 0.2) is 41.7 Å². The number of ketones is 1. The van der Waals surface area contributed by atoms with Crippen molar-refractivity contribution in [2.24, 2.45) is 22.4 Å². The van der Waals surface area contributed by atoms with Gasteiger partial charge in [-0.25, -0.2) is 0 Å². The van der Waals surface area contributed by atoms with Crippen LogP contribution in [0.2, 0.25) is 0 Å². The molecule has 53 heavy (non-hydrogen) atoms. The van der Waals surface area contributed by atoms with Gasteiger partial charge < -0.3 is 30.4 Å². The molecule has 0 radical (unpaired) electrons. The predicted molar refractivity (Wildman–Crippen MR) is 197 cm³/mol. The molecule has 6 atom stereocenters. The number of aryl methyl sites for hydroxylation is 2. The summed E-state index contributed by atoms with van der Waals surface area (Å²) in [6.45, 7) is 12.1. The maximum atomic E-state index is 14.8. The summed E-state index contributed by atoms with van der Waals surface area (Å²) in [6, 6.07) is 6.55. The molecule has 6 rings (SSSR count). The van der Waals surface area contributed by atoms with E-state index in [1.54, 1.807) is 6.20 Å². The second-order valence-corrected chi connectivity index (χ2v) is 16.2. The number of rotatable bonds is 13. The number of pyridine rings is 1. The van der Waals surface area contributed by atoms with Gasteiger partial charge in [0, 0.05) is 49.2 Å². The maximum absolute atomic E-state index is 14.8. The topological polar surface area (TPSA) is 168 Å². The number of nitrogens with zero attached hydrogens (tertiary/aromatic N) is 3. The lowest BCUT2D eigenvalue weighted by Gasteiger charge is -2.35. The van der Waals surface area contributed by atoms with Gasteiger partial charge in [-0.05, 0) is 80.3 Å². The van der Waals surface area contributed by atoms with Crippen LogP contribution in [0.5, 0.6) is 5.75 Å². The van der Waals surface area contributed by atoms with E-state index in [-0.39, 0.29) is 36.6 Å². The van der Waals surface area contributed by atoms with E-state index in [0.29, 0.717) is 31.6 Å². The smallest absolute Gasteiger partial charge is 0.289 e. The normalized spacial score (nSPS) is 24.5. The van der Waals surface area contributed by atoms with Crippen molar-refractivity contribution in [3.05, 3.63) is 58.9 Å². The second kappa shape index (κ2) is 14.9. The molecule has 1 aromatic heterocycles. The number of Topliss-reactive ketones (excluding diaryl/α,β-unsaturated/α-hetero) is 1. The number of ether oxygens (including phenoxy) is 1. The molecule has 13 heteroatoms. The van der Waals surface area contributed by atoms with Crippen LogP contribution in [0.25, 0.3) is 0 Å². The number of nitrogens with one attached hydrogen (secondary N) is 3. The summed E-state index contributed by atoms with van der Waals surface area (Å²) in [5, 5.41) is 12.7. The Morgan fingerprint density at radius 1 is 1.06 bits per heavy atom. The molecule has 0 unspecified atom stereocenters. The fourth-order valence-electron chi connectivity index (χ4n) is 7.71. The molecule has 2 aromatic rings. The number of carbonyl (C=O) groups is 5. The van der Waals surface area contributed by atoms with Crippen molar-refractivity contribution in [2.45, 2.75) is 110 Å². The quantitative estimate of drug-likeness (QED) is 0.264. The van der Waals surface area contributed by atoms with Crippen LogP contribution in [0.4, 0.5) is 0 Å². The third-order valence-corrected chi connectivity index (χ3v) is 10.9. The van der Waals surface area contributed by atoms with Gasteiger partial charge in [0.1, 0.15) is 17.8 Å². The summed E-state index contributed by atoms with van der Waals surface area (Å²) in [4.78, 5) is 80.3. The van der Waals surface area contributed by atoms with E-state index in [2.05, 4.69) is 26.1 Å². The van der Waals surface area contributed by atoms with Gasteiger partial charge in [0.2, 0.25) is 23.5 Å². The number of likely N-dealkylation sites (tertiary alicyclic amines) is 1. The number of hydrogen-bond acceptors (Lipinski definition) is 9. The first kappa shape index (κ1) is 37.9. The maximum Gasteiger partial charge on any atom is 0.289 e. The van der Waals surface area contributed by atoms with E-state index in [0.717, 1.165) is 41.0 Å². The molecule has 0 bridgehead atoms. The Morgan fingerprint density at radius 3 is 2.38 bits per heavy atom. The van der Waals surface area contributed by atoms with Crippen molar-refractivity contribution in [1.29, 1.82) is 0 Å². The monoisotopic (exact) mass is 728 g/mol. The molecule has 13 nitrogen and oxygen atoms in total. The fourth-order valence-corrected chi connectivity index (χ4v) is 7.71. The van der Waals surface area contributed by atoms with Gasteiger partial charge in [-0.2, -0.15) is 0 Å². The Labute approximate surface area is 311 Å². The number of aromatic nitrogens is 1. The van der Waals surface area contributed by atoms with Crippen molar-refractivity contribution < 1.29 is 33.5 Å². The Kier molecular flexibility index (Phi) is 10.7. The summed E-state index contributed by atoms with van der Waals surface area (Å²) < 4.78 is 5.84. The molecule has 1 aromatic carbocycles. The van der Waals surface area contributed by atoms with E-state index in [9.17, 15) is 24.0 Å². The van der Waals surface area contributed by atoms with E-state index in [4.69, 9.17) is 9.57 Å². The van der Waals surface area contributed by atoms with E-state index >= 15 is 0 Å². The molecule has 284 valence electrons. The van der Waals surface area contributed by atoms with Crippen molar-refractivity contribution >= 4 is 35.1 Å². The molecule has 3 heterocycles. The Hall–Kier alpha value is -4.81. The van der Waals surface area contributed by atoms with Gasteiger partial charge in [-0.15, -0.1) is 0 Å². The third-order valence-electron chi connectivity index (χ3n) is 10.9. The first-order chi connectivity index (χ1) is 25.1. The number of amides is 4. The van der Waals surface area contributed by atoms with Crippen LogP contribution in [-0.4, -0.2) is 88.9 Å². The number of benzene rings is 1. The zero-order valence-corrected chi connectivity index (χ0v) is 31.8. The van der Waals surface area contributed by atoms with Crippen molar-refractivity contribution in [1.82, 2.24) is 25.8 Å². The largest absolute Gasteiger partial charge is 0.493 e. The molecule has 2 aliphatic heterocycles. The lowest BCUT2D eigenvalue weighted by atomic mass is 9.85. The molecule has 1 saturated heterocycles. The average Bonchev–Trinajstić information content (AvgIpc) is 4.05. The van der Waals surface area contributed by atoms with E-state index in [1.165, 1.54) is 11.9 Å². The van der Waals surface area contributed by atoms with E-state index < -0.39 is 52.6 Å². The summed E-state index contributed by atoms with van der Waals surface area (Å²) in [5.74, 6) is -2.04. The lowest BCUT2D eigenvalue weighted by Crippen LogP contribution is -2.59. The van der Waals surface area contributed by atoms with Crippen molar-refractivity contribution in [3.63, 3.8) is 0 Å². The number of hydrogen-bond donors (Lipinski definition) is 3. The first-order valence-corrected chi connectivity index (χ1v) is 18.7. The lowest BCUT2D eigenvalue weighted by molar-refractivity contribution is -0.145. The number of oxime groups is 1. The number of carbonyl (C=O) groups excluding carboxylic acids is 5. The average molecular weight is 729 g/mol. The summed E-state index contributed by atoms with van der Waals surface area (Å²) in [6.07, 6.45) is 4.93. The highest BCUT2D eigenvalue weighted by atomic mass is 16.7. The van der Waals surface area contributed by atoms with Crippen LogP contribution in [0, 0.1) is 31.1 Å². The molecule has 2 aliphatic carbocycles. The van der Waals surface area contributed by atoms with Crippen LogP contribution < -0.4 is 20.7 Å². The molecule has 1 spiro atoms. The van der Waals surface area contributed by atoms with Crippen LogP contribution >= 0.6 is 0 Å². The molecular weight excluding hydrogens is 676 g/mol. The highest BCUT2D eigenvalue weighted by molar-refractivity contribution is 6.38. The molecular formula is C40H52N6O7. The van der Waals surface area contributed by atoms with E-state index in [1.807, 2.05) is 71.9 Å². The van der Waals surface area contributed by atoms with Crippen molar-refractivity contribution in [3.8, 4) is 5.75 Å². The second-order valence-electron chi connectivity index (χ2n) is 16.2. The zero-order valence-electron chi connectivity index (χ0n) is 31.8. The fraction of sp³-hybridized carbons (Fsp3) is 0.575. The SMILES string of the molecule is CCOc1c(C)cc(C2=NO[C@]3(C2)C[C@@H](C(=O)N[C@@H](CC2CC2)C(=O)C(=O)NC)N(C(=O)[C@@H](NC(=O)[C@H]2C[C@@H]2c2ccccn2)C(C)(C)C)C3)cc1C. The molecule has 3 N–H and O–H groups in total. The van der Waals surface area contributed by atoms with Gasteiger partial charge in [0.05, 0.1) is 24.9 Å². The Balaban J connectivity index is 1.26. The van der Waals surface area contributed by atoms with Crippen LogP contribution in [-0.2, 0) is 28.8 Å². The van der Waals surface area contributed by atoms with Gasteiger partial charge in [-0.1, -0.05) is 44.8 Å². The van der Waals surface area contributed by atoms with Gasteiger partial charge in [0.25, 0.3) is 5.91 Å². The molecule has 2 saturated carbocycles. The summed E-state index contributed by atoms with van der Waals surface area (Å²) in [5.41, 5.74) is 2.54. The van der Waals surface area contributed by atoms with Crippen LogP contribution in [0.1, 0.15) is 94.5 Å². The number of likely N-dealkylation sites (N-methyl/N-ethyl adjacent to an activating group) is 1. The third kappa shape index (κ3) is 8.23. The minimum atomic E-state index is -1.05. The molecule has 4 aliphatic rings. The van der Waals surface area contributed by atoms with Gasteiger partial charge >= 0.3 is 0 Å². The van der Waals surface area contributed by atoms with Crippen LogP contribution in [0.3, 0.4) is 0 Å². The minimum absolute atomic E-state index is 0.0286. The van der Waals surface area contributed by atoms with Gasteiger partial charge in [0.15, 0.2) is 5.60 Å². The van der Waals surface area contributed by atoms with Crippen molar-refractivity contribution in [2.75, 3.05) is 20.2 Å². The molecule has 3 fully saturated rings. The Bertz CT molecular complexity index is 1780. The minimum Gasteiger partial charge on any atom is -0.493 e. The highest BCUT2D eigenvalue weighted by Gasteiger charge is 2.56. The van der Waals surface area contributed by atoms with Gasteiger partial charge in [-0.3, -0.25) is 29.0 Å². The Morgan fingerprint density at radius 2 is 1.77 bits per heavy atom. The predicted octanol–water partition coefficient (Wildman–Crippen LogP) is 3.50. The molecule has 4 amide bonds. The summed E-state index contributed by atoms with van der Waals surface area (Å²) in [7, 11) is 1.38. The summed E-state index contributed by atoms with van der Waals surface area (Å²) >= 11 is 0.